The van der Waals surface area contributed by atoms with Crippen LogP contribution in [0.2, 0.25) is 0 Å². The van der Waals surface area contributed by atoms with E-state index >= 15 is 0 Å². The molecule has 118 valence electrons. The summed E-state index contributed by atoms with van der Waals surface area (Å²) in [6.07, 6.45) is 3.86. The van der Waals surface area contributed by atoms with E-state index in [1.807, 2.05) is 0 Å². The zero-order valence-electron chi connectivity index (χ0n) is 13.8. The summed E-state index contributed by atoms with van der Waals surface area (Å²) >= 11 is 0. The van der Waals surface area contributed by atoms with Crippen LogP contribution in [0.15, 0.2) is 18.2 Å². The Morgan fingerprint density at radius 1 is 1.29 bits per heavy atom. The molecular formula is C18H30N2O. The van der Waals surface area contributed by atoms with Gasteiger partial charge in [-0.3, -0.25) is 0 Å². The Kier molecular flexibility index (Phi) is 6.22. The Hall–Kier alpha value is -0.900. The third kappa shape index (κ3) is 5.10. The fraction of sp³-hybridized carbons (Fsp3) is 0.667. The van der Waals surface area contributed by atoms with Crippen LogP contribution in [-0.4, -0.2) is 37.2 Å². The van der Waals surface area contributed by atoms with Crippen LogP contribution in [0.25, 0.3) is 0 Å². The Morgan fingerprint density at radius 3 is 2.57 bits per heavy atom. The minimum Gasteiger partial charge on any atom is -0.377 e. The molecule has 3 heteroatoms. The number of hydrogen-bond donors (Lipinski definition) is 1. The second-order valence-corrected chi connectivity index (χ2v) is 6.34. The summed E-state index contributed by atoms with van der Waals surface area (Å²) in [5, 5.41) is 0. The van der Waals surface area contributed by atoms with E-state index in [9.17, 15) is 0 Å². The van der Waals surface area contributed by atoms with Crippen molar-refractivity contribution < 1.29 is 4.74 Å². The maximum atomic E-state index is 6.39. The Bertz CT molecular complexity index is 421. The molecule has 1 aromatic carbocycles. The molecule has 1 fully saturated rings. The lowest BCUT2D eigenvalue weighted by Gasteiger charge is -2.25. The normalized spacial score (nSPS) is 20.1. The van der Waals surface area contributed by atoms with Gasteiger partial charge in [-0.15, -0.1) is 0 Å². The summed E-state index contributed by atoms with van der Waals surface area (Å²) in [7, 11) is 0. The van der Waals surface area contributed by atoms with Crippen molar-refractivity contribution >= 4 is 0 Å². The van der Waals surface area contributed by atoms with Crippen LogP contribution in [0.4, 0.5) is 0 Å². The molecule has 0 amide bonds. The van der Waals surface area contributed by atoms with Crippen molar-refractivity contribution in [3.05, 3.63) is 34.9 Å². The van der Waals surface area contributed by atoms with Crippen molar-refractivity contribution in [2.24, 2.45) is 5.73 Å². The van der Waals surface area contributed by atoms with Crippen LogP contribution in [0.5, 0.6) is 0 Å². The summed E-state index contributed by atoms with van der Waals surface area (Å²) in [5.74, 6) is 0. The van der Waals surface area contributed by atoms with E-state index in [-0.39, 0.29) is 6.04 Å². The van der Waals surface area contributed by atoms with Crippen LogP contribution in [0, 0.1) is 13.8 Å². The first kappa shape index (κ1) is 16.5. The van der Waals surface area contributed by atoms with Crippen LogP contribution < -0.4 is 5.73 Å². The van der Waals surface area contributed by atoms with Gasteiger partial charge in [-0.25, -0.2) is 0 Å². The SMILES string of the molecule is CCN(CCC(N)c1cc(C)cc(C)c1)CC1CCCO1. The van der Waals surface area contributed by atoms with Gasteiger partial charge in [0.25, 0.3) is 0 Å². The molecule has 0 radical (unpaired) electrons. The van der Waals surface area contributed by atoms with Gasteiger partial charge in [-0.1, -0.05) is 36.2 Å². The minimum absolute atomic E-state index is 0.127. The van der Waals surface area contributed by atoms with Gasteiger partial charge in [0.05, 0.1) is 6.10 Å². The number of nitrogens with two attached hydrogens (primary N) is 1. The molecule has 1 aromatic rings. The van der Waals surface area contributed by atoms with Gasteiger partial charge in [0, 0.05) is 25.7 Å². The fourth-order valence-electron chi connectivity index (χ4n) is 3.17. The second kappa shape index (κ2) is 7.92. The first-order chi connectivity index (χ1) is 10.1. The van der Waals surface area contributed by atoms with E-state index in [4.69, 9.17) is 10.5 Å². The molecule has 0 bridgehead atoms. The van der Waals surface area contributed by atoms with Crippen LogP contribution in [-0.2, 0) is 4.74 Å². The summed E-state index contributed by atoms with van der Waals surface area (Å²) < 4.78 is 5.74. The standard InChI is InChI=1S/C18H30N2O/c1-4-20(13-17-6-5-9-21-17)8-7-18(19)16-11-14(2)10-15(3)12-16/h10-12,17-18H,4-9,13,19H2,1-3H3. The van der Waals surface area contributed by atoms with Crippen molar-refractivity contribution in [3.63, 3.8) is 0 Å². The van der Waals surface area contributed by atoms with Crippen molar-refractivity contribution in [1.82, 2.24) is 4.90 Å². The first-order valence-electron chi connectivity index (χ1n) is 8.26. The smallest absolute Gasteiger partial charge is 0.0702 e. The first-order valence-corrected chi connectivity index (χ1v) is 8.26. The van der Waals surface area contributed by atoms with Gasteiger partial charge in [-0.2, -0.15) is 0 Å². The maximum Gasteiger partial charge on any atom is 0.0702 e. The number of likely N-dealkylation sites (N-methyl/N-ethyl adjacent to an activating group) is 1. The number of aryl methyl sites for hydroxylation is 2. The molecule has 1 aliphatic heterocycles. The molecular weight excluding hydrogens is 260 g/mol. The summed E-state index contributed by atoms with van der Waals surface area (Å²) in [6.45, 7) is 10.6. The third-order valence-electron chi connectivity index (χ3n) is 4.36. The van der Waals surface area contributed by atoms with E-state index in [1.165, 1.54) is 29.5 Å². The molecule has 2 atom stereocenters. The molecule has 2 rings (SSSR count). The van der Waals surface area contributed by atoms with Crippen LogP contribution >= 0.6 is 0 Å². The molecule has 0 spiro atoms. The van der Waals surface area contributed by atoms with Crippen molar-refractivity contribution in [2.75, 3.05) is 26.2 Å². The average molecular weight is 290 g/mol. The highest BCUT2D eigenvalue weighted by molar-refractivity contribution is 5.30. The van der Waals surface area contributed by atoms with Gasteiger partial charge in [-0.05, 0) is 45.2 Å². The van der Waals surface area contributed by atoms with E-state index in [0.29, 0.717) is 6.10 Å². The Balaban J connectivity index is 1.84. The highest BCUT2D eigenvalue weighted by Crippen LogP contribution is 2.19. The quantitative estimate of drug-likeness (QED) is 0.838. The number of nitrogens with zero attached hydrogens (tertiary/aromatic N) is 1. The third-order valence-corrected chi connectivity index (χ3v) is 4.36. The summed E-state index contributed by atoms with van der Waals surface area (Å²) in [5.41, 5.74) is 10.2. The molecule has 0 aromatic heterocycles. The lowest BCUT2D eigenvalue weighted by atomic mass is 9.99. The van der Waals surface area contributed by atoms with Gasteiger partial charge >= 0.3 is 0 Å². The largest absolute Gasteiger partial charge is 0.377 e. The van der Waals surface area contributed by atoms with Crippen LogP contribution in [0.3, 0.4) is 0 Å². The molecule has 1 heterocycles. The number of ether oxygens (including phenoxy) is 1. The number of benzene rings is 1. The van der Waals surface area contributed by atoms with Gasteiger partial charge in [0.15, 0.2) is 0 Å². The highest BCUT2D eigenvalue weighted by Gasteiger charge is 2.19. The molecule has 0 saturated carbocycles. The topological polar surface area (TPSA) is 38.5 Å². The predicted molar refractivity (Wildman–Crippen MR) is 88.5 cm³/mol. The van der Waals surface area contributed by atoms with E-state index in [0.717, 1.165) is 32.7 Å². The highest BCUT2D eigenvalue weighted by atomic mass is 16.5. The van der Waals surface area contributed by atoms with Crippen molar-refractivity contribution in [2.45, 2.75) is 52.2 Å². The molecule has 3 nitrogen and oxygen atoms in total. The Labute approximate surface area is 129 Å². The molecule has 21 heavy (non-hydrogen) atoms. The average Bonchev–Trinajstić information content (AvgIpc) is 2.94. The number of rotatable bonds is 7. The lowest BCUT2D eigenvalue weighted by Crippen LogP contribution is -2.34. The zero-order chi connectivity index (χ0) is 15.2. The van der Waals surface area contributed by atoms with E-state index in [1.54, 1.807) is 0 Å². The van der Waals surface area contributed by atoms with Gasteiger partial charge in [0.2, 0.25) is 0 Å². The predicted octanol–water partition coefficient (Wildman–Crippen LogP) is 3.19. The van der Waals surface area contributed by atoms with Crippen molar-refractivity contribution in [1.29, 1.82) is 0 Å². The minimum atomic E-state index is 0.127. The van der Waals surface area contributed by atoms with E-state index < -0.39 is 0 Å². The zero-order valence-corrected chi connectivity index (χ0v) is 13.8. The van der Waals surface area contributed by atoms with Gasteiger partial charge in [0.1, 0.15) is 0 Å². The Morgan fingerprint density at radius 2 is 2.00 bits per heavy atom. The maximum absolute atomic E-state index is 6.39. The summed E-state index contributed by atoms with van der Waals surface area (Å²) in [4.78, 5) is 2.47. The molecule has 1 saturated heterocycles. The van der Waals surface area contributed by atoms with Crippen molar-refractivity contribution in [3.8, 4) is 0 Å². The fourth-order valence-corrected chi connectivity index (χ4v) is 3.17. The monoisotopic (exact) mass is 290 g/mol. The number of hydrogen-bond acceptors (Lipinski definition) is 3. The molecule has 1 aliphatic rings. The second-order valence-electron chi connectivity index (χ2n) is 6.34. The summed E-state index contributed by atoms with van der Waals surface area (Å²) in [6, 6.07) is 6.76. The van der Waals surface area contributed by atoms with E-state index in [2.05, 4.69) is 43.9 Å². The molecule has 2 unspecified atom stereocenters. The lowest BCUT2D eigenvalue weighted by molar-refractivity contribution is 0.0738. The molecule has 2 N–H and O–H groups in total. The molecule has 0 aliphatic carbocycles. The van der Waals surface area contributed by atoms with Gasteiger partial charge < -0.3 is 15.4 Å². The van der Waals surface area contributed by atoms with Crippen LogP contribution in [0.1, 0.15) is 48.9 Å².